The number of aromatic nitrogens is 3. The molecular weight excluding hydrogens is 242 g/mol. The van der Waals surface area contributed by atoms with Crippen LogP contribution in [-0.2, 0) is 7.05 Å². The number of benzene rings is 1. The minimum absolute atomic E-state index is 0.189. The molecule has 3 rings (SSSR count). The number of carbonyl (C=O) groups is 1. The lowest BCUT2D eigenvalue weighted by Gasteiger charge is -1.94. The van der Waals surface area contributed by atoms with Gasteiger partial charge in [-0.25, -0.2) is 9.78 Å². The van der Waals surface area contributed by atoms with Crippen molar-refractivity contribution in [1.82, 2.24) is 14.0 Å². The van der Waals surface area contributed by atoms with Gasteiger partial charge in [-0.3, -0.25) is 4.40 Å². The Labute approximate surface area is 101 Å². The molecule has 2 heterocycles. The number of imidazole rings is 2. The molecule has 0 aliphatic heterocycles. The van der Waals surface area contributed by atoms with Crippen LogP contribution in [0.25, 0.3) is 16.8 Å². The maximum absolute atomic E-state index is 11.0. The van der Waals surface area contributed by atoms with E-state index in [1.54, 1.807) is 29.8 Å². The summed E-state index contributed by atoms with van der Waals surface area (Å²) in [5.41, 5.74) is 1.78. The van der Waals surface area contributed by atoms with Crippen molar-refractivity contribution in [2.45, 2.75) is 0 Å². The highest BCUT2D eigenvalue weighted by Gasteiger charge is 2.15. The van der Waals surface area contributed by atoms with E-state index in [4.69, 9.17) is 16.7 Å². The number of rotatable bonds is 1. The van der Waals surface area contributed by atoms with Crippen LogP contribution in [0.15, 0.2) is 24.4 Å². The zero-order chi connectivity index (χ0) is 12.2. The molecule has 3 aromatic rings. The van der Waals surface area contributed by atoms with Crippen LogP contribution < -0.4 is 0 Å². The van der Waals surface area contributed by atoms with E-state index in [0.717, 1.165) is 11.0 Å². The van der Waals surface area contributed by atoms with Crippen LogP contribution in [0, 0.1) is 0 Å². The van der Waals surface area contributed by atoms with Crippen molar-refractivity contribution in [1.29, 1.82) is 0 Å². The number of fused-ring (bicyclic) bond motifs is 3. The zero-order valence-electron chi connectivity index (χ0n) is 8.88. The lowest BCUT2D eigenvalue weighted by Crippen LogP contribution is -2.03. The van der Waals surface area contributed by atoms with E-state index < -0.39 is 5.97 Å². The van der Waals surface area contributed by atoms with Crippen molar-refractivity contribution in [3.05, 3.63) is 35.1 Å². The summed E-state index contributed by atoms with van der Waals surface area (Å²) in [5.74, 6) is -0.396. The van der Waals surface area contributed by atoms with Gasteiger partial charge in [-0.1, -0.05) is 11.6 Å². The number of hydrogen-bond acceptors (Lipinski definition) is 2. The van der Waals surface area contributed by atoms with Crippen LogP contribution in [-0.4, -0.2) is 25.0 Å². The van der Waals surface area contributed by atoms with E-state index in [-0.39, 0.29) is 5.69 Å². The first-order chi connectivity index (χ1) is 8.08. The molecule has 0 bridgehead atoms. The normalized spacial score (nSPS) is 11.4. The molecule has 17 heavy (non-hydrogen) atoms. The standard InChI is InChI=1S/C11H8ClN3O2/c1-14-9(10(16)17)5-15-8-4-6(12)2-3-7(8)13-11(14)15/h2-5H,1H3,(H,16,17). The Morgan fingerprint density at radius 1 is 1.47 bits per heavy atom. The van der Waals surface area contributed by atoms with Crippen LogP contribution in [0.5, 0.6) is 0 Å². The first-order valence-electron chi connectivity index (χ1n) is 4.94. The van der Waals surface area contributed by atoms with Gasteiger partial charge in [0.05, 0.1) is 11.0 Å². The van der Waals surface area contributed by atoms with E-state index >= 15 is 0 Å². The average molecular weight is 250 g/mol. The van der Waals surface area contributed by atoms with Crippen molar-refractivity contribution in [2.75, 3.05) is 0 Å². The van der Waals surface area contributed by atoms with Crippen molar-refractivity contribution in [3.8, 4) is 0 Å². The smallest absolute Gasteiger partial charge is 0.354 e. The molecule has 2 aromatic heterocycles. The van der Waals surface area contributed by atoms with Gasteiger partial charge < -0.3 is 9.67 Å². The molecule has 0 radical (unpaired) electrons. The van der Waals surface area contributed by atoms with Gasteiger partial charge in [-0.2, -0.15) is 0 Å². The maximum Gasteiger partial charge on any atom is 0.354 e. The molecule has 1 aromatic carbocycles. The molecule has 0 amide bonds. The van der Waals surface area contributed by atoms with Crippen LogP contribution in [0.2, 0.25) is 5.02 Å². The zero-order valence-corrected chi connectivity index (χ0v) is 9.64. The topological polar surface area (TPSA) is 59.5 Å². The van der Waals surface area contributed by atoms with E-state index in [0.29, 0.717) is 10.8 Å². The Bertz CT molecular complexity index is 757. The number of nitrogens with zero attached hydrogens (tertiary/aromatic N) is 3. The quantitative estimate of drug-likeness (QED) is 0.719. The summed E-state index contributed by atoms with van der Waals surface area (Å²) in [6, 6.07) is 5.34. The third-order valence-electron chi connectivity index (χ3n) is 2.76. The summed E-state index contributed by atoms with van der Waals surface area (Å²) in [6.07, 6.45) is 1.54. The fourth-order valence-corrected chi connectivity index (χ4v) is 2.10. The fourth-order valence-electron chi connectivity index (χ4n) is 1.93. The third kappa shape index (κ3) is 1.32. The van der Waals surface area contributed by atoms with Gasteiger partial charge in [-0.15, -0.1) is 0 Å². The number of aryl methyl sites for hydroxylation is 1. The van der Waals surface area contributed by atoms with Gasteiger partial charge in [0.15, 0.2) is 0 Å². The number of halogens is 1. The predicted octanol–water partition coefficient (Wildman–Crippen LogP) is 2.18. The molecule has 1 N–H and O–H groups in total. The molecular formula is C11H8ClN3O2. The number of hydrogen-bond donors (Lipinski definition) is 1. The molecule has 0 spiro atoms. The highest BCUT2D eigenvalue weighted by Crippen LogP contribution is 2.22. The maximum atomic E-state index is 11.0. The van der Waals surface area contributed by atoms with Crippen LogP contribution in [0.1, 0.15) is 10.5 Å². The molecule has 0 aliphatic rings. The van der Waals surface area contributed by atoms with Gasteiger partial charge in [0.2, 0.25) is 5.78 Å². The molecule has 0 unspecified atom stereocenters. The Hall–Kier alpha value is -2.01. The van der Waals surface area contributed by atoms with Gasteiger partial charge in [-0.05, 0) is 18.2 Å². The second kappa shape index (κ2) is 3.24. The van der Waals surface area contributed by atoms with Crippen molar-refractivity contribution in [3.63, 3.8) is 0 Å². The van der Waals surface area contributed by atoms with E-state index in [1.807, 2.05) is 6.07 Å². The summed E-state index contributed by atoms with van der Waals surface area (Å²) in [4.78, 5) is 15.4. The molecule has 0 atom stereocenters. The molecule has 0 saturated heterocycles. The number of carboxylic acids is 1. The lowest BCUT2D eigenvalue weighted by molar-refractivity contribution is 0.0687. The predicted molar refractivity (Wildman–Crippen MR) is 63.6 cm³/mol. The average Bonchev–Trinajstić information content (AvgIpc) is 2.77. The molecule has 5 nitrogen and oxygen atoms in total. The Morgan fingerprint density at radius 3 is 2.94 bits per heavy atom. The molecule has 0 aliphatic carbocycles. The van der Waals surface area contributed by atoms with Gasteiger partial charge in [0, 0.05) is 18.3 Å². The Kier molecular flexibility index (Phi) is 1.94. The lowest BCUT2D eigenvalue weighted by atomic mass is 10.3. The van der Waals surface area contributed by atoms with Crippen LogP contribution in [0.3, 0.4) is 0 Å². The molecule has 0 saturated carbocycles. The monoisotopic (exact) mass is 249 g/mol. The van der Waals surface area contributed by atoms with Gasteiger partial charge >= 0.3 is 5.97 Å². The first-order valence-corrected chi connectivity index (χ1v) is 5.32. The van der Waals surface area contributed by atoms with E-state index in [1.165, 1.54) is 4.57 Å². The molecule has 0 fully saturated rings. The third-order valence-corrected chi connectivity index (χ3v) is 3.00. The summed E-state index contributed by atoms with van der Waals surface area (Å²) < 4.78 is 3.26. The largest absolute Gasteiger partial charge is 0.477 e. The van der Waals surface area contributed by atoms with Crippen molar-refractivity contribution >= 4 is 34.4 Å². The second-order valence-electron chi connectivity index (χ2n) is 3.79. The summed E-state index contributed by atoms with van der Waals surface area (Å²) in [6.45, 7) is 0. The molecule has 86 valence electrons. The fraction of sp³-hybridized carbons (Fsp3) is 0.0909. The molecule has 6 heteroatoms. The van der Waals surface area contributed by atoms with Crippen molar-refractivity contribution in [2.24, 2.45) is 7.05 Å². The van der Waals surface area contributed by atoms with Crippen LogP contribution in [0.4, 0.5) is 0 Å². The minimum atomic E-state index is -0.979. The second-order valence-corrected chi connectivity index (χ2v) is 4.23. The highest BCUT2D eigenvalue weighted by atomic mass is 35.5. The summed E-state index contributed by atoms with van der Waals surface area (Å²) >= 11 is 5.92. The van der Waals surface area contributed by atoms with Crippen molar-refractivity contribution < 1.29 is 9.90 Å². The van der Waals surface area contributed by atoms with E-state index in [2.05, 4.69) is 4.98 Å². The summed E-state index contributed by atoms with van der Waals surface area (Å²) in [7, 11) is 1.67. The Morgan fingerprint density at radius 2 is 2.24 bits per heavy atom. The van der Waals surface area contributed by atoms with Crippen LogP contribution >= 0.6 is 11.6 Å². The summed E-state index contributed by atoms with van der Waals surface area (Å²) in [5, 5.41) is 9.62. The minimum Gasteiger partial charge on any atom is -0.477 e. The SMILES string of the molecule is Cn1c(C(=O)O)cn2c3cc(Cl)ccc3nc12. The van der Waals surface area contributed by atoms with E-state index in [9.17, 15) is 4.79 Å². The van der Waals surface area contributed by atoms with Gasteiger partial charge in [0.25, 0.3) is 0 Å². The Balaban J connectivity index is 2.47. The number of carboxylic acid groups (broad SMARTS) is 1. The number of aromatic carboxylic acids is 1. The van der Waals surface area contributed by atoms with Gasteiger partial charge in [0.1, 0.15) is 5.69 Å². The first kappa shape index (κ1) is 10.2. The highest BCUT2D eigenvalue weighted by molar-refractivity contribution is 6.31.